The number of piperidine rings is 1. The largest absolute Gasteiger partial charge is 0.324 e. The summed E-state index contributed by atoms with van der Waals surface area (Å²) in [6.07, 6.45) is 3.82. The van der Waals surface area contributed by atoms with E-state index in [1.54, 1.807) is 18.2 Å². The molecule has 1 saturated heterocycles. The molecule has 0 aliphatic carbocycles. The summed E-state index contributed by atoms with van der Waals surface area (Å²) in [5.41, 5.74) is 3.04. The lowest BCUT2D eigenvalue weighted by molar-refractivity contribution is -0.122. The normalized spacial score (nSPS) is 18.9. The van der Waals surface area contributed by atoms with Crippen LogP contribution in [0.4, 0.5) is 11.4 Å². The number of hydrogen-bond donors (Lipinski definition) is 1. The summed E-state index contributed by atoms with van der Waals surface area (Å²) >= 11 is 0. The summed E-state index contributed by atoms with van der Waals surface area (Å²) in [6.45, 7) is 4.50. The monoisotopic (exact) mass is 455 g/mol. The van der Waals surface area contributed by atoms with Crippen LogP contribution in [-0.2, 0) is 32.5 Å². The van der Waals surface area contributed by atoms with E-state index in [2.05, 4.69) is 5.32 Å². The molecule has 2 amide bonds. The van der Waals surface area contributed by atoms with Gasteiger partial charge < -0.3 is 5.32 Å². The van der Waals surface area contributed by atoms with E-state index in [0.29, 0.717) is 24.3 Å². The van der Waals surface area contributed by atoms with Gasteiger partial charge in [-0.2, -0.15) is 4.31 Å². The van der Waals surface area contributed by atoms with Crippen molar-refractivity contribution in [2.75, 3.05) is 23.3 Å². The van der Waals surface area contributed by atoms with Crippen LogP contribution in [0, 0.1) is 0 Å². The Morgan fingerprint density at radius 2 is 1.78 bits per heavy atom. The van der Waals surface area contributed by atoms with E-state index in [9.17, 15) is 18.0 Å². The average molecular weight is 456 g/mol. The Bertz CT molecular complexity index is 1140. The van der Waals surface area contributed by atoms with E-state index in [4.69, 9.17) is 0 Å². The average Bonchev–Trinajstić information content (AvgIpc) is 3.19. The maximum Gasteiger partial charge on any atom is 0.247 e. The molecule has 0 radical (unpaired) electrons. The number of carbonyl (C=O) groups is 2. The minimum atomic E-state index is -3.59. The zero-order valence-corrected chi connectivity index (χ0v) is 19.3. The lowest BCUT2D eigenvalue weighted by Gasteiger charge is -2.26. The number of para-hydroxylation sites is 1. The maximum atomic E-state index is 13.2. The van der Waals surface area contributed by atoms with E-state index < -0.39 is 16.1 Å². The highest BCUT2D eigenvalue weighted by atomic mass is 32.2. The molecule has 4 rings (SSSR count). The number of anilines is 2. The van der Waals surface area contributed by atoms with Crippen LogP contribution in [0.5, 0.6) is 0 Å². The van der Waals surface area contributed by atoms with E-state index in [1.807, 2.05) is 31.2 Å². The summed E-state index contributed by atoms with van der Waals surface area (Å²) in [7, 11) is -3.59. The third-order valence-corrected chi connectivity index (χ3v) is 8.18. The number of rotatable bonds is 5. The molecule has 7 nitrogen and oxygen atoms in total. The lowest BCUT2D eigenvalue weighted by Crippen LogP contribution is -2.44. The number of fused-ring (bicyclic) bond motifs is 1. The van der Waals surface area contributed by atoms with E-state index in [1.165, 1.54) is 16.1 Å². The highest BCUT2D eigenvalue weighted by molar-refractivity contribution is 7.89. The van der Waals surface area contributed by atoms with Gasteiger partial charge in [0.1, 0.15) is 6.04 Å². The molecule has 2 aliphatic heterocycles. The van der Waals surface area contributed by atoms with Crippen molar-refractivity contribution in [3.63, 3.8) is 0 Å². The van der Waals surface area contributed by atoms with Crippen LogP contribution >= 0.6 is 0 Å². The SMILES string of the molecule is CCc1ccccc1NC(=O)[C@H]1Cc2cc(S(=O)(=O)N3CCCCC3)ccc2N1C(C)=O. The van der Waals surface area contributed by atoms with E-state index in [0.717, 1.165) is 36.9 Å². The Morgan fingerprint density at radius 1 is 1.06 bits per heavy atom. The van der Waals surface area contributed by atoms with Crippen LogP contribution in [0.25, 0.3) is 0 Å². The minimum absolute atomic E-state index is 0.221. The number of amides is 2. The predicted molar refractivity (Wildman–Crippen MR) is 124 cm³/mol. The van der Waals surface area contributed by atoms with Gasteiger partial charge in [-0.05, 0) is 54.7 Å². The van der Waals surface area contributed by atoms with Crippen LogP contribution in [0.3, 0.4) is 0 Å². The summed E-state index contributed by atoms with van der Waals surface area (Å²) < 4.78 is 27.7. The van der Waals surface area contributed by atoms with Crippen LogP contribution in [0.1, 0.15) is 44.2 Å². The van der Waals surface area contributed by atoms with Crippen molar-refractivity contribution in [1.29, 1.82) is 0 Å². The number of nitrogens with one attached hydrogen (secondary N) is 1. The van der Waals surface area contributed by atoms with Gasteiger partial charge in [-0.1, -0.05) is 31.5 Å². The van der Waals surface area contributed by atoms with Gasteiger partial charge in [0.05, 0.1) is 4.90 Å². The van der Waals surface area contributed by atoms with Crippen molar-refractivity contribution in [3.8, 4) is 0 Å². The van der Waals surface area contributed by atoms with Gasteiger partial charge in [-0.3, -0.25) is 14.5 Å². The molecule has 2 heterocycles. The molecule has 0 unspecified atom stereocenters. The van der Waals surface area contributed by atoms with Crippen LogP contribution in [-0.4, -0.2) is 43.7 Å². The number of benzene rings is 2. The second-order valence-corrected chi connectivity index (χ2v) is 10.3. The summed E-state index contributed by atoms with van der Waals surface area (Å²) in [4.78, 5) is 27.3. The number of hydrogen-bond acceptors (Lipinski definition) is 4. The number of carbonyl (C=O) groups excluding carboxylic acids is 2. The van der Waals surface area contributed by atoms with Crippen molar-refractivity contribution in [2.45, 2.75) is 56.9 Å². The van der Waals surface area contributed by atoms with Crippen molar-refractivity contribution < 1.29 is 18.0 Å². The first-order valence-corrected chi connectivity index (χ1v) is 12.6. The first-order chi connectivity index (χ1) is 15.3. The smallest absolute Gasteiger partial charge is 0.247 e. The topological polar surface area (TPSA) is 86.8 Å². The van der Waals surface area contributed by atoms with Gasteiger partial charge in [0.25, 0.3) is 0 Å². The Morgan fingerprint density at radius 3 is 2.47 bits per heavy atom. The lowest BCUT2D eigenvalue weighted by atomic mass is 10.1. The summed E-state index contributed by atoms with van der Waals surface area (Å²) in [5, 5.41) is 2.96. The molecule has 1 fully saturated rings. The second-order valence-electron chi connectivity index (χ2n) is 8.36. The molecule has 2 aromatic carbocycles. The van der Waals surface area contributed by atoms with E-state index in [-0.39, 0.29) is 23.1 Å². The molecule has 0 spiro atoms. The Labute approximate surface area is 189 Å². The van der Waals surface area contributed by atoms with Gasteiger partial charge in [0, 0.05) is 37.8 Å². The van der Waals surface area contributed by atoms with Crippen molar-refractivity contribution in [1.82, 2.24) is 4.31 Å². The first-order valence-electron chi connectivity index (χ1n) is 11.1. The highest BCUT2D eigenvalue weighted by Gasteiger charge is 2.38. The van der Waals surface area contributed by atoms with Gasteiger partial charge in [-0.15, -0.1) is 0 Å². The second kappa shape index (κ2) is 9.03. The fourth-order valence-corrected chi connectivity index (χ4v) is 6.18. The molecular weight excluding hydrogens is 426 g/mol. The third kappa shape index (κ3) is 4.17. The van der Waals surface area contributed by atoms with Crippen LogP contribution < -0.4 is 10.2 Å². The molecule has 0 aromatic heterocycles. The Kier molecular flexibility index (Phi) is 6.35. The maximum absolute atomic E-state index is 13.2. The third-order valence-electron chi connectivity index (χ3n) is 6.29. The molecular formula is C24H29N3O4S. The molecule has 2 aliphatic rings. The molecule has 32 heavy (non-hydrogen) atoms. The Balaban J connectivity index is 1.62. The van der Waals surface area contributed by atoms with Crippen molar-refractivity contribution in [3.05, 3.63) is 53.6 Å². The fourth-order valence-electron chi connectivity index (χ4n) is 4.61. The van der Waals surface area contributed by atoms with Gasteiger partial charge in [-0.25, -0.2) is 8.42 Å². The molecule has 2 aromatic rings. The zero-order valence-electron chi connectivity index (χ0n) is 18.5. The standard InChI is InChI=1S/C24H29N3O4S/c1-3-18-9-5-6-10-21(18)25-24(29)23-16-19-15-20(11-12-22(19)27(23)17(2)28)32(30,31)26-13-7-4-8-14-26/h5-6,9-12,15,23H,3-4,7-8,13-14,16H2,1-2H3,(H,25,29)/t23-/m1/s1. The predicted octanol–water partition coefficient (Wildman–Crippen LogP) is 3.34. The molecule has 1 N–H and O–H groups in total. The van der Waals surface area contributed by atoms with E-state index >= 15 is 0 Å². The first kappa shape index (κ1) is 22.5. The molecule has 8 heteroatoms. The number of sulfonamides is 1. The fraction of sp³-hybridized carbons (Fsp3) is 0.417. The quantitative estimate of drug-likeness (QED) is 0.749. The van der Waals surface area contributed by atoms with Crippen molar-refractivity contribution >= 4 is 33.2 Å². The number of aryl methyl sites for hydroxylation is 1. The molecule has 0 bridgehead atoms. The summed E-state index contributed by atoms with van der Waals surface area (Å²) in [5.74, 6) is -0.531. The number of nitrogens with zero attached hydrogens (tertiary/aromatic N) is 2. The Hall–Kier alpha value is -2.71. The summed E-state index contributed by atoms with van der Waals surface area (Å²) in [6, 6.07) is 11.7. The zero-order chi connectivity index (χ0) is 22.9. The molecule has 170 valence electrons. The van der Waals surface area contributed by atoms with Crippen LogP contribution in [0.15, 0.2) is 47.4 Å². The van der Waals surface area contributed by atoms with Gasteiger partial charge in [0.2, 0.25) is 21.8 Å². The van der Waals surface area contributed by atoms with Gasteiger partial charge in [0.15, 0.2) is 0 Å². The van der Waals surface area contributed by atoms with Crippen LogP contribution in [0.2, 0.25) is 0 Å². The minimum Gasteiger partial charge on any atom is -0.324 e. The van der Waals surface area contributed by atoms with Crippen molar-refractivity contribution in [2.24, 2.45) is 0 Å². The molecule has 0 saturated carbocycles. The molecule has 1 atom stereocenters. The van der Waals surface area contributed by atoms with Gasteiger partial charge >= 0.3 is 0 Å². The highest BCUT2D eigenvalue weighted by Crippen LogP contribution is 2.35.